The number of nitrogens with one attached hydrogen (secondary N) is 1. The maximum atomic E-state index is 3.62. The minimum Gasteiger partial charge on any atom is -0.310 e. The van der Waals surface area contributed by atoms with E-state index in [2.05, 4.69) is 55.1 Å². The summed E-state index contributed by atoms with van der Waals surface area (Å²) in [5, 5.41) is 3.62. The van der Waals surface area contributed by atoms with E-state index in [9.17, 15) is 0 Å². The van der Waals surface area contributed by atoms with E-state index in [1.165, 1.54) is 35.9 Å². The normalized spacial score (nSPS) is 18.9. The quantitative estimate of drug-likeness (QED) is 0.892. The Hall–Kier alpha value is -0.420. The molecule has 108 valence electrons. The van der Waals surface area contributed by atoms with Crippen molar-refractivity contribution in [3.05, 3.63) is 21.9 Å². The van der Waals surface area contributed by atoms with Gasteiger partial charge in [-0.3, -0.25) is 4.90 Å². The van der Waals surface area contributed by atoms with Gasteiger partial charge in [0, 0.05) is 54.6 Å². The first kappa shape index (κ1) is 15.0. The van der Waals surface area contributed by atoms with Gasteiger partial charge in [-0.1, -0.05) is 0 Å². The van der Waals surface area contributed by atoms with Crippen molar-refractivity contribution in [2.45, 2.75) is 32.9 Å². The molecule has 1 aromatic heterocycles. The van der Waals surface area contributed by atoms with E-state index in [0.717, 1.165) is 13.1 Å². The zero-order valence-electron chi connectivity index (χ0n) is 12.7. The molecule has 0 saturated carbocycles. The molecule has 1 saturated heterocycles. The lowest BCUT2D eigenvalue weighted by Crippen LogP contribution is -2.57. The van der Waals surface area contributed by atoms with Crippen LogP contribution in [0.5, 0.6) is 0 Å². The maximum Gasteiger partial charge on any atom is 0.0300 e. The highest BCUT2D eigenvalue weighted by Crippen LogP contribution is 2.17. The third-order valence-electron chi connectivity index (χ3n) is 4.01. The number of thiophene rings is 1. The van der Waals surface area contributed by atoms with Gasteiger partial charge in [0.1, 0.15) is 0 Å². The highest BCUT2D eigenvalue weighted by molar-refractivity contribution is 7.11. The fraction of sp³-hybridized carbons (Fsp3) is 0.733. The molecule has 1 aliphatic heterocycles. The Morgan fingerprint density at radius 1 is 1.21 bits per heavy atom. The number of rotatable bonds is 5. The largest absolute Gasteiger partial charge is 0.310 e. The zero-order chi connectivity index (χ0) is 13.9. The lowest BCUT2D eigenvalue weighted by Gasteiger charge is -2.43. The monoisotopic (exact) mass is 281 g/mol. The van der Waals surface area contributed by atoms with Gasteiger partial charge in [-0.05, 0) is 40.0 Å². The van der Waals surface area contributed by atoms with Gasteiger partial charge < -0.3 is 10.2 Å². The number of piperazine rings is 1. The van der Waals surface area contributed by atoms with Crippen molar-refractivity contribution in [1.29, 1.82) is 0 Å². The van der Waals surface area contributed by atoms with Gasteiger partial charge in [-0.2, -0.15) is 0 Å². The summed E-state index contributed by atoms with van der Waals surface area (Å²) in [6.07, 6.45) is 0. The molecule has 1 aliphatic rings. The topological polar surface area (TPSA) is 18.5 Å². The summed E-state index contributed by atoms with van der Waals surface area (Å²) in [6.45, 7) is 13.7. The molecule has 1 aromatic rings. The number of aryl methyl sites for hydroxylation is 1. The molecule has 1 N–H and O–H groups in total. The molecule has 4 heteroatoms. The summed E-state index contributed by atoms with van der Waals surface area (Å²) >= 11 is 1.89. The SMILES string of the molecule is Cc1ccc(CNCC(C)(C)N2CCN(C)CC2)s1. The van der Waals surface area contributed by atoms with Crippen LogP contribution in [0.4, 0.5) is 0 Å². The number of hydrogen-bond acceptors (Lipinski definition) is 4. The van der Waals surface area contributed by atoms with Gasteiger partial charge >= 0.3 is 0 Å². The van der Waals surface area contributed by atoms with Crippen molar-refractivity contribution in [2.75, 3.05) is 39.8 Å². The molecule has 2 heterocycles. The van der Waals surface area contributed by atoms with Crippen LogP contribution in [0, 0.1) is 6.92 Å². The van der Waals surface area contributed by atoms with Gasteiger partial charge in [0.25, 0.3) is 0 Å². The van der Waals surface area contributed by atoms with E-state index in [1.54, 1.807) is 0 Å². The molecule has 2 rings (SSSR count). The Kier molecular flexibility index (Phi) is 5.01. The van der Waals surface area contributed by atoms with Crippen LogP contribution in [0.15, 0.2) is 12.1 Å². The molecular weight excluding hydrogens is 254 g/mol. The fourth-order valence-electron chi connectivity index (χ4n) is 2.60. The van der Waals surface area contributed by atoms with Crippen LogP contribution in [-0.2, 0) is 6.54 Å². The first-order chi connectivity index (χ1) is 8.97. The highest BCUT2D eigenvalue weighted by atomic mass is 32.1. The predicted molar refractivity (Wildman–Crippen MR) is 83.9 cm³/mol. The molecule has 0 radical (unpaired) electrons. The van der Waals surface area contributed by atoms with Crippen LogP contribution in [-0.4, -0.2) is 55.1 Å². The molecule has 0 atom stereocenters. The predicted octanol–water partition coefficient (Wildman–Crippen LogP) is 2.17. The molecule has 1 fully saturated rings. The Bertz CT molecular complexity index is 392. The standard InChI is InChI=1S/C15H27N3S/c1-13-5-6-14(19-13)11-16-12-15(2,3)18-9-7-17(4)8-10-18/h5-6,16H,7-12H2,1-4H3. The third-order valence-corrected chi connectivity index (χ3v) is 5.01. The van der Waals surface area contributed by atoms with Crippen molar-refractivity contribution < 1.29 is 0 Å². The van der Waals surface area contributed by atoms with E-state index >= 15 is 0 Å². The Morgan fingerprint density at radius 3 is 2.47 bits per heavy atom. The average molecular weight is 281 g/mol. The zero-order valence-corrected chi connectivity index (χ0v) is 13.5. The smallest absolute Gasteiger partial charge is 0.0300 e. The summed E-state index contributed by atoms with van der Waals surface area (Å²) in [7, 11) is 2.21. The van der Waals surface area contributed by atoms with Gasteiger partial charge in [0.05, 0.1) is 0 Å². The minimum absolute atomic E-state index is 0.244. The second-order valence-corrected chi connectivity index (χ2v) is 7.59. The lowest BCUT2D eigenvalue weighted by molar-refractivity contribution is 0.0618. The van der Waals surface area contributed by atoms with Crippen molar-refractivity contribution in [1.82, 2.24) is 15.1 Å². The second kappa shape index (κ2) is 6.35. The third kappa shape index (κ3) is 4.28. The van der Waals surface area contributed by atoms with Crippen LogP contribution in [0.2, 0.25) is 0 Å². The maximum absolute atomic E-state index is 3.62. The molecule has 3 nitrogen and oxygen atoms in total. The molecule has 0 spiro atoms. The van der Waals surface area contributed by atoms with Gasteiger partial charge in [-0.15, -0.1) is 11.3 Å². The second-order valence-electron chi connectivity index (χ2n) is 6.22. The minimum atomic E-state index is 0.244. The average Bonchev–Trinajstić information content (AvgIpc) is 2.75. The van der Waals surface area contributed by atoms with E-state index in [0.29, 0.717) is 0 Å². The van der Waals surface area contributed by atoms with Crippen molar-refractivity contribution in [3.63, 3.8) is 0 Å². The van der Waals surface area contributed by atoms with Gasteiger partial charge in [0.15, 0.2) is 0 Å². The van der Waals surface area contributed by atoms with Crippen molar-refractivity contribution in [3.8, 4) is 0 Å². The van der Waals surface area contributed by atoms with Gasteiger partial charge in [-0.25, -0.2) is 0 Å². The number of nitrogens with zero attached hydrogens (tertiary/aromatic N) is 2. The van der Waals surface area contributed by atoms with E-state index in [-0.39, 0.29) is 5.54 Å². The van der Waals surface area contributed by atoms with E-state index in [1.807, 2.05) is 11.3 Å². The van der Waals surface area contributed by atoms with Crippen molar-refractivity contribution in [2.24, 2.45) is 0 Å². The van der Waals surface area contributed by atoms with E-state index < -0.39 is 0 Å². The first-order valence-corrected chi connectivity index (χ1v) is 7.99. The van der Waals surface area contributed by atoms with Crippen molar-refractivity contribution >= 4 is 11.3 Å². The first-order valence-electron chi connectivity index (χ1n) is 7.17. The van der Waals surface area contributed by atoms with Crippen LogP contribution in [0.3, 0.4) is 0 Å². The molecular formula is C15H27N3S. The van der Waals surface area contributed by atoms with Crippen LogP contribution < -0.4 is 5.32 Å². The number of likely N-dealkylation sites (N-methyl/N-ethyl adjacent to an activating group) is 1. The Morgan fingerprint density at radius 2 is 1.89 bits per heavy atom. The summed E-state index contributed by atoms with van der Waals surface area (Å²) in [5.41, 5.74) is 0.244. The molecule has 0 aromatic carbocycles. The molecule has 0 bridgehead atoms. The van der Waals surface area contributed by atoms with Crippen LogP contribution in [0.1, 0.15) is 23.6 Å². The molecule has 19 heavy (non-hydrogen) atoms. The molecule has 0 aliphatic carbocycles. The fourth-order valence-corrected chi connectivity index (χ4v) is 3.46. The molecule has 0 unspecified atom stereocenters. The van der Waals surface area contributed by atoms with Gasteiger partial charge in [0.2, 0.25) is 0 Å². The van der Waals surface area contributed by atoms with Crippen LogP contribution >= 0.6 is 11.3 Å². The Balaban J connectivity index is 1.77. The number of hydrogen-bond donors (Lipinski definition) is 1. The lowest BCUT2D eigenvalue weighted by atomic mass is 10.0. The highest BCUT2D eigenvalue weighted by Gasteiger charge is 2.28. The summed E-state index contributed by atoms with van der Waals surface area (Å²) < 4.78 is 0. The Labute approximate surface area is 121 Å². The summed E-state index contributed by atoms with van der Waals surface area (Å²) in [6, 6.07) is 4.43. The van der Waals surface area contributed by atoms with E-state index in [4.69, 9.17) is 0 Å². The summed E-state index contributed by atoms with van der Waals surface area (Å²) in [5.74, 6) is 0. The molecule has 0 amide bonds. The summed E-state index contributed by atoms with van der Waals surface area (Å²) in [4.78, 5) is 7.86. The van der Waals surface area contributed by atoms with Crippen LogP contribution in [0.25, 0.3) is 0 Å².